The van der Waals surface area contributed by atoms with E-state index in [1.165, 1.54) is 0 Å². The van der Waals surface area contributed by atoms with E-state index < -0.39 is 11.9 Å². The molecule has 3 N–H and O–H groups in total. The van der Waals surface area contributed by atoms with E-state index in [0.717, 1.165) is 35.7 Å². The molecule has 0 fully saturated rings. The molecule has 0 aromatic heterocycles. The van der Waals surface area contributed by atoms with Crippen molar-refractivity contribution in [3.8, 4) is 5.75 Å². The molecule has 0 radical (unpaired) electrons. The van der Waals surface area contributed by atoms with Crippen molar-refractivity contribution in [3.05, 3.63) is 41.4 Å². The molecule has 1 aromatic carbocycles. The lowest BCUT2D eigenvalue weighted by atomic mass is 10.1. The Bertz CT molecular complexity index is 534. The highest BCUT2D eigenvalue weighted by molar-refractivity contribution is 6.30. The van der Waals surface area contributed by atoms with Gasteiger partial charge in [-0.1, -0.05) is 31.5 Å². The number of benzene rings is 1. The minimum absolute atomic E-state index is 0.525. The Morgan fingerprint density at radius 2 is 1.96 bits per heavy atom. The summed E-state index contributed by atoms with van der Waals surface area (Å²) in [6.07, 6.45) is 3.63. The molecule has 0 aliphatic heterocycles. The largest absolute Gasteiger partial charge is 0.493 e. The number of carboxylic acids is 2. The number of carbonyl (C=O) groups is 2. The fourth-order valence-electron chi connectivity index (χ4n) is 1.65. The summed E-state index contributed by atoms with van der Waals surface area (Å²) in [4.78, 5) is 18.2. The minimum Gasteiger partial charge on any atom is -0.493 e. The second kappa shape index (κ2) is 12.4. The van der Waals surface area contributed by atoms with Crippen LogP contribution in [-0.4, -0.2) is 41.3 Å². The van der Waals surface area contributed by atoms with Crippen molar-refractivity contribution in [1.29, 1.82) is 0 Å². The Morgan fingerprint density at radius 3 is 2.46 bits per heavy atom. The SMILES string of the molecule is C=CCc1cc(Cl)ccc1OCCCNC(C)C.O=C(O)C(=O)O. The van der Waals surface area contributed by atoms with Crippen LogP contribution >= 0.6 is 11.6 Å². The molecule has 0 bridgehead atoms. The molecule has 1 rings (SSSR count). The van der Waals surface area contributed by atoms with Gasteiger partial charge in [0.1, 0.15) is 5.75 Å². The van der Waals surface area contributed by atoms with E-state index in [4.69, 9.17) is 36.1 Å². The molecule has 0 amide bonds. The summed E-state index contributed by atoms with van der Waals surface area (Å²) in [6.45, 7) is 9.72. The van der Waals surface area contributed by atoms with Crippen LogP contribution in [0.2, 0.25) is 5.02 Å². The summed E-state index contributed by atoms with van der Waals surface area (Å²) in [6, 6.07) is 6.24. The third-order valence-electron chi connectivity index (χ3n) is 2.70. The van der Waals surface area contributed by atoms with Crippen molar-refractivity contribution in [1.82, 2.24) is 5.32 Å². The van der Waals surface area contributed by atoms with Gasteiger partial charge < -0.3 is 20.3 Å². The molecular weight excluding hydrogens is 334 g/mol. The molecule has 0 spiro atoms. The van der Waals surface area contributed by atoms with Crippen LogP contribution in [-0.2, 0) is 16.0 Å². The van der Waals surface area contributed by atoms with Gasteiger partial charge in [0.2, 0.25) is 0 Å². The van der Waals surface area contributed by atoms with Crippen molar-refractivity contribution in [2.45, 2.75) is 32.7 Å². The van der Waals surface area contributed by atoms with E-state index >= 15 is 0 Å². The predicted octanol–water partition coefficient (Wildman–Crippen LogP) is 2.99. The minimum atomic E-state index is -1.82. The van der Waals surface area contributed by atoms with Gasteiger partial charge in [0.15, 0.2) is 0 Å². The summed E-state index contributed by atoms with van der Waals surface area (Å²) < 4.78 is 5.78. The highest BCUT2D eigenvalue weighted by atomic mass is 35.5. The maximum atomic E-state index is 9.10. The fraction of sp³-hybridized carbons (Fsp3) is 0.412. The van der Waals surface area contributed by atoms with Crippen molar-refractivity contribution < 1.29 is 24.5 Å². The molecule has 0 heterocycles. The van der Waals surface area contributed by atoms with Gasteiger partial charge in [-0.05, 0) is 43.1 Å². The molecule has 7 heteroatoms. The van der Waals surface area contributed by atoms with E-state index in [-0.39, 0.29) is 0 Å². The van der Waals surface area contributed by atoms with Gasteiger partial charge in [-0.2, -0.15) is 0 Å². The van der Waals surface area contributed by atoms with Crippen LogP contribution in [0.1, 0.15) is 25.8 Å². The van der Waals surface area contributed by atoms with Crippen LogP contribution in [0.4, 0.5) is 0 Å². The van der Waals surface area contributed by atoms with E-state index in [0.29, 0.717) is 12.6 Å². The normalized spacial score (nSPS) is 9.83. The number of ether oxygens (including phenoxy) is 1. The van der Waals surface area contributed by atoms with Gasteiger partial charge in [0, 0.05) is 11.1 Å². The Kier molecular flexibility index (Phi) is 11.3. The van der Waals surface area contributed by atoms with Crippen LogP contribution < -0.4 is 10.1 Å². The third kappa shape index (κ3) is 10.6. The number of rotatable bonds is 8. The van der Waals surface area contributed by atoms with Crippen LogP contribution in [0.25, 0.3) is 0 Å². The third-order valence-corrected chi connectivity index (χ3v) is 2.94. The Hall–Kier alpha value is -2.05. The number of aliphatic carboxylic acids is 2. The monoisotopic (exact) mass is 357 g/mol. The van der Waals surface area contributed by atoms with Gasteiger partial charge in [0.25, 0.3) is 0 Å². The zero-order chi connectivity index (χ0) is 18.5. The first-order chi connectivity index (χ1) is 11.3. The number of hydrogen-bond acceptors (Lipinski definition) is 4. The lowest BCUT2D eigenvalue weighted by Crippen LogP contribution is -2.24. The molecule has 0 atom stereocenters. The molecular formula is C17H24ClNO5. The van der Waals surface area contributed by atoms with E-state index in [1.807, 2.05) is 24.3 Å². The molecule has 0 aliphatic rings. The average molecular weight is 358 g/mol. The second-order valence-corrected chi connectivity index (χ2v) is 5.60. The molecule has 24 heavy (non-hydrogen) atoms. The Balaban J connectivity index is 0.000000754. The van der Waals surface area contributed by atoms with Crippen molar-refractivity contribution in [3.63, 3.8) is 0 Å². The standard InChI is InChI=1S/C15H22ClNO.C2H2O4/c1-4-6-13-11-14(16)7-8-15(13)18-10-5-9-17-12(2)3;3-1(4)2(5)6/h4,7-8,11-12,17H,1,5-6,9-10H2,2-3H3;(H,3,4)(H,5,6). The average Bonchev–Trinajstić information content (AvgIpc) is 2.49. The van der Waals surface area contributed by atoms with Gasteiger partial charge in [-0.3, -0.25) is 0 Å². The molecule has 6 nitrogen and oxygen atoms in total. The van der Waals surface area contributed by atoms with Gasteiger partial charge in [-0.15, -0.1) is 6.58 Å². The van der Waals surface area contributed by atoms with Crippen LogP contribution in [0.5, 0.6) is 5.75 Å². The summed E-state index contributed by atoms with van der Waals surface area (Å²) in [5.41, 5.74) is 1.09. The number of halogens is 1. The van der Waals surface area contributed by atoms with E-state index in [9.17, 15) is 0 Å². The summed E-state index contributed by atoms with van der Waals surface area (Å²) >= 11 is 5.97. The lowest BCUT2D eigenvalue weighted by Gasteiger charge is -2.12. The first kappa shape index (κ1) is 21.9. The molecule has 134 valence electrons. The topological polar surface area (TPSA) is 95.9 Å². The summed E-state index contributed by atoms with van der Waals surface area (Å²) in [7, 11) is 0. The molecule has 0 saturated heterocycles. The fourth-order valence-corrected chi connectivity index (χ4v) is 1.84. The Labute approximate surface area is 147 Å². The molecule has 0 aliphatic carbocycles. The van der Waals surface area contributed by atoms with Gasteiger partial charge in [-0.25, -0.2) is 9.59 Å². The smallest absolute Gasteiger partial charge is 0.414 e. The molecule has 0 saturated carbocycles. The zero-order valence-electron chi connectivity index (χ0n) is 13.9. The zero-order valence-corrected chi connectivity index (χ0v) is 14.7. The first-order valence-electron chi connectivity index (χ1n) is 7.49. The highest BCUT2D eigenvalue weighted by Gasteiger charge is 2.04. The van der Waals surface area contributed by atoms with Crippen LogP contribution in [0.3, 0.4) is 0 Å². The number of hydrogen-bond donors (Lipinski definition) is 3. The maximum Gasteiger partial charge on any atom is 0.414 e. The van der Waals surface area contributed by atoms with Crippen molar-refractivity contribution in [2.24, 2.45) is 0 Å². The quantitative estimate of drug-likeness (QED) is 0.376. The number of nitrogens with one attached hydrogen (secondary N) is 1. The van der Waals surface area contributed by atoms with Gasteiger partial charge in [0.05, 0.1) is 6.61 Å². The van der Waals surface area contributed by atoms with Crippen LogP contribution in [0.15, 0.2) is 30.9 Å². The molecule has 1 aromatic rings. The number of allylic oxidation sites excluding steroid dienone is 1. The number of carboxylic acid groups (broad SMARTS) is 2. The van der Waals surface area contributed by atoms with Gasteiger partial charge >= 0.3 is 11.9 Å². The lowest BCUT2D eigenvalue weighted by molar-refractivity contribution is -0.159. The maximum absolute atomic E-state index is 9.10. The highest BCUT2D eigenvalue weighted by Crippen LogP contribution is 2.23. The van der Waals surface area contributed by atoms with Crippen molar-refractivity contribution >= 4 is 23.5 Å². The van der Waals surface area contributed by atoms with E-state index in [1.54, 1.807) is 0 Å². The Morgan fingerprint density at radius 1 is 1.33 bits per heavy atom. The second-order valence-electron chi connectivity index (χ2n) is 5.17. The molecule has 0 unspecified atom stereocenters. The predicted molar refractivity (Wildman–Crippen MR) is 93.9 cm³/mol. The van der Waals surface area contributed by atoms with Crippen LogP contribution in [0, 0.1) is 0 Å². The van der Waals surface area contributed by atoms with E-state index in [2.05, 4.69) is 25.7 Å². The summed E-state index contributed by atoms with van der Waals surface area (Å²) in [5, 5.41) is 18.9. The summed E-state index contributed by atoms with van der Waals surface area (Å²) in [5.74, 6) is -2.74. The first-order valence-corrected chi connectivity index (χ1v) is 7.87. The van der Waals surface area contributed by atoms with Crippen molar-refractivity contribution in [2.75, 3.05) is 13.2 Å².